The molecule has 1 heterocycles. The van der Waals surface area contributed by atoms with Crippen molar-refractivity contribution in [2.75, 3.05) is 0 Å². The van der Waals surface area contributed by atoms with Crippen LogP contribution in [0.2, 0.25) is 0 Å². The Balaban J connectivity index is 1.58. The minimum absolute atomic E-state index is 0.00938. The zero-order valence-corrected chi connectivity index (χ0v) is 17.2. The van der Waals surface area contributed by atoms with Gasteiger partial charge in [0.2, 0.25) is 0 Å². The summed E-state index contributed by atoms with van der Waals surface area (Å²) in [5, 5.41) is 10.7. The highest BCUT2D eigenvalue weighted by Gasteiger charge is 2.43. The first-order valence-corrected chi connectivity index (χ1v) is 10.4. The van der Waals surface area contributed by atoms with Gasteiger partial charge in [-0.25, -0.2) is 4.99 Å². The molecule has 0 spiro atoms. The average Bonchev–Trinajstić information content (AvgIpc) is 3.31. The van der Waals surface area contributed by atoms with Crippen LogP contribution in [0.3, 0.4) is 0 Å². The molecular formula is C24H25NO2S. The maximum atomic E-state index is 10.7. The average molecular weight is 392 g/mol. The monoisotopic (exact) mass is 391 g/mol. The number of rotatable bonds is 5. The van der Waals surface area contributed by atoms with E-state index in [9.17, 15) is 5.11 Å². The van der Waals surface area contributed by atoms with Crippen LogP contribution in [0.1, 0.15) is 31.1 Å². The van der Waals surface area contributed by atoms with Gasteiger partial charge in [0.25, 0.3) is 0 Å². The molecule has 1 aliphatic carbocycles. The molecule has 1 N–H and O–H groups in total. The third kappa shape index (κ3) is 3.94. The summed E-state index contributed by atoms with van der Waals surface area (Å²) in [5.74, 6) is 0.672. The molecule has 0 saturated carbocycles. The Morgan fingerprint density at radius 3 is 2.43 bits per heavy atom. The molecule has 1 unspecified atom stereocenters. The molecule has 2 aliphatic rings. The zero-order valence-electron chi connectivity index (χ0n) is 16.4. The molecule has 2 aromatic rings. The van der Waals surface area contributed by atoms with Crippen LogP contribution in [0, 0.1) is 12.8 Å². The van der Waals surface area contributed by atoms with E-state index in [-0.39, 0.29) is 18.1 Å². The van der Waals surface area contributed by atoms with Crippen molar-refractivity contribution in [1.29, 1.82) is 0 Å². The Morgan fingerprint density at radius 2 is 1.75 bits per heavy atom. The predicted molar refractivity (Wildman–Crippen MR) is 116 cm³/mol. The summed E-state index contributed by atoms with van der Waals surface area (Å²) in [6.07, 6.45) is 6.01. The number of aryl methyl sites for hydroxylation is 1. The van der Waals surface area contributed by atoms with Gasteiger partial charge in [0, 0.05) is 9.80 Å². The van der Waals surface area contributed by atoms with E-state index in [2.05, 4.69) is 49.4 Å². The van der Waals surface area contributed by atoms with Crippen LogP contribution in [0.5, 0.6) is 0 Å². The van der Waals surface area contributed by atoms with Crippen molar-refractivity contribution in [3.8, 4) is 0 Å². The molecule has 2 aromatic carbocycles. The Hall–Kier alpha value is -2.30. The number of allylic oxidation sites excluding steroid dienone is 2. The molecule has 0 amide bonds. The minimum Gasteiger partial charge on any atom is -0.470 e. The van der Waals surface area contributed by atoms with E-state index < -0.39 is 5.60 Å². The fourth-order valence-electron chi connectivity index (χ4n) is 3.51. The van der Waals surface area contributed by atoms with Crippen LogP contribution in [0.4, 0.5) is 0 Å². The van der Waals surface area contributed by atoms with E-state index in [4.69, 9.17) is 9.73 Å². The summed E-state index contributed by atoms with van der Waals surface area (Å²) < 4.78 is 6.34. The van der Waals surface area contributed by atoms with Gasteiger partial charge in [-0.1, -0.05) is 78.0 Å². The third-order valence-electron chi connectivity index (χ3n) is 5.05. The summed E-state index contributed by atoms with van der Waals surface area (Å²) in [6, 6.07) is 18.2. The van der Waals surface area contributed by atoms with Crippen LogP contribution in [0.25, 0.3) is 0 Å². The number of ether oxygens (including phenoxy) is 1. The molecule has 0 aromatic heterocycles. The molecular weight excluding hydrogens is 366 g/mol. The van der Waals surface area contributed by atoms with E-state index in [0.29, 0.717) is 5.90 Å². The largest absolute Gasteiger partial charge is 0.470 e. The van der Waals surface area contributed by atoms with E-state index in [1.807, 2.05) is 30.3 Å². The maximum absolute atomic E-state index is 10.7. The first-order valence-electron chi connectivity index (χ1n) is 9.56. The van der Waals surface area contributed by atoms with Gasteiger partial charge in [-0.05, 0) is 38.5 Å². The number of hydrogen-bond donors (Lipinski definition) is 1. The smallest absolute Gasteiger partial charge is 0.196 e. The van der Waals surface area contributed by atoms with Crippen LogP contribution in [-0.4, -0.2) is 22.6 Å². The Morgan fingerprint density at radius 1 is 1.04 bits per heavy atom. The molecule has 4 heteroatoms. The number of nitrogens with zero attached hydrogens (tertiary/aromatic N) is 1. The van der Waals surface area contributed by atoms with Crippen LogP contribution >= 0.6 is 11.8 Å². The van der Waals surface area contributed by atoms with Crippen molar-refractivity contribution in [2.24, 2.45) is 10.9 Å². The van der Waals surface area contributed by atoms with Gasteiger partial charge >= 0.3 is 0 Å². The lowest BCUT2D eigenvalue weighted by molar-refractivity contribution is 0.0151. The Kier molecular flexibility index (Phi) is 5.17. The predicted octanol–water partition coefficient (Wildman–Crippen LogP) is 5.47. The summed E-state index contributed by atoms with van der Waals surface area (Å²) in [5.41, 5.74) is 1.31. The fraction of sp³-hybridized carbons (Fsp3) is 0.292. The quantitative estimate of drug-likeness (QED) is 0.735. The first-order chi connectivity index (χ1) is 13.4. The van der Waals surface area contributed by atoms with Crippen molar-refractivity contribution < 1.29 is 9.84 Å². The van der Waals surface area contributed by atoms with Gasteiger partial charge in [-0.15, -0.1) is 0 Å². The van der Waals surface area contributed by atoms with Crippen LogP contribution in [0.15, 0.2) is 87.6 Å². The minimum atomic E-state index is -0.974. The van der Waals surface area contributed by atoms with Gasteiger partial charge in [-0.2, -0.15) is 0 Å². The summed E-state index contributed by atoms with van der Waals surface area (Å²) in [7, 11) is 0. The van der Waals surface area contributed by atoms with E-state index in [1.54, 1.807) is 25.6 Å². The summed E-state index contributed by atoms with van der Waals surface area (Å²) >= 11 is 1.74. The molecule has 144 valence electrons. The van der Waals surface area contributed by atoms with E-state index in [1.165, 1.54) is 15.4 Å². The topological polar surface area (TPSA) is 41.8 Å². The molecule has 28 heavy (non-hydrogen) atoms. The number of benzene rings is 2. The van der Waals surface area contributed by atoms with E-state index >= 15 is 0 Å². The second-order valence-corrected chi connectivity index (χ2v) is 9.01. The van der Waals surface area contributed by atoms with Crippen molar-refractivity contribution in [1.82, 2.24) is 0 Å². The van der Waals surface area contributed by atoms with Gasteiger partial charge in [0.15, 0.2) is 12.0 Å². The summed E-state index contributed by atoms with van der Waals surface area (Å²) in [4.78, 5) is 7.23. The van der Waals surface area contributed by atoms with Crippen molar-refractivity contribution in [2.45, 2.75) is 43.4 Å². The number of aliphatic imine (C=N–C) groups is 1. The fourth-order valence-corrected chi connectivity index (χ4v) is 4.51. The number of thioether (sulfide) groups is 1. The van der Waals surface area contributed by atoms with Gasteiger partial charge in [-0.3, -0.25) is 0 Å². The molecule has 4 rings (SSSR count). The maximum Gasteiger partial charge on any atom is 0.196 e. The molecule has 0 saturated heterocycles. The zero-order chi connectivity index (χ0) is 19.7. The lowest BCUT2D eigenvalue weighted by Crippen LogP contribution is -2.37. The van der Waals surface area contributed by atoms with Crippen molar-refractivity contribution in [3.63, 3.8) is 0 Å². The summed E-state index contributed by atoms with van der Waals surface area (Å²) in [6.45, 7) is 5.69. The lowest BCUT2D eigenvalue weighted by Gasteiger charge is -2.27. The standard InChI is InChI=1S/C24H25NO2S/c1-16-12-14-18(15-13-16)28-20-11-7-10-19(20)23-25-22(24(2,3)26)21(27-23)17-8-5-4-6-9-17/h4-15,19,21-22,26H,1-3H3/t19?,21-,22+/m1/s1. The molecule has 0 radical (unpaired) electrons. The SMILES string of the molecule is Cc1ccc(SC2=CC=CC2C2=N[C@H](C(C)(C)O)[C@@H](c3ccccc3)O2)cc1. The van der Waals surface area contributed by atoms with Crippen molar-refractivity contribution >= 4 is 17.7 Å². The molecule has 0 fully saturated rings. The highest BCUT2D eigenvalue weighted by molar-refractivity contribution is 8.03. The highest BCUT2D eigenvalue weighted by atomic mass is 32.2. The van der Waals surface area contributed by atoms with E-state index in [0.717, 1.165) is 5.56 Å². The molecule has 0 bridgehead atoms. The molecule has 3 atom stereocenters. The second-order valence-electron chi connectivity index (χ2n) is 7.86. The Bertz CT molecular complexity index is 923. The number of hydrogen-bond acceptors (Lipinski definition) is 4. The lowest BCUT2D eigenvalue weighted by atomic mass is 9.91. The second kappa shape index (κ2) is 7.61. The van der Waals surface area contributed by atoms with Gasteiger partial charge in [0.05, 0.1) is 11.5 Å². The highest BCUT2D eigenvalue weighted by Crippen LogP contribution is 2.42. The third-order valence-corrected chi connectivity index (χ3v) is 6.18. The normalized spacial score (nSPS) is 24.1. The van der Waals surface area contributed by atoms with Crippen LogP contribution < -0.4 is 0 Å². The molecule has 1 aliphatic heterocycles. The van der Waals surface area contributed by atoms with Crippen molar-refractivity contribution in [3.05, 3.63) is 88.9 Å². The van der Waals surface area contributed by atoms with Crippen LogP contribution in [-0.2, 0) is 4.74 Å². The molecule has 3 nitrogen and oxygen atoms in total. The first kappa shape index (κ1) is 19.0. The Labute approximate surface area is 170 Å². The van der Waals surface area contributed by atoms with Gasteiger partial charge < -0.3 is 9.84 Å². The number of aliphatic hydroxyl groups is 1. The van der Waals surface area contributed by atoms with Gasteiger partial charge in [0.1, 0.15) is 6.04 Å².